The number of aliphatic hydroxyl groups excluding tert-OH is 2. The maximum Gasteiger partial charge on any atom is 0.416 e. The van der Waals surface area contributed by atoms with E-state index in [-0.39, 0.29) is 35.3 Å². The zero-order valence-electron chi connectivity index (χ0n) is 18.6. The van der Waals surface area contributed by atoms with Gasteiger partial charge in [-0.25, -0.2) is 23.5 Å². The SMILES string of the molecule is CC(O)c1nc(Cn2nc(-c3ccc(Cl)cc3)n(CC(O)C(F)(F)F)c2=O)nn1-c1cccc(F)c1. The molecule has 9 nitrogen and oxygen atoms in total. The molecule has 36 heavy (non-hydrogen) atoms. The highest BCUT2D eigenvalue weighted by Crippen LogP contribution is 2.24. The van der Waals surface area contributed by atoms with Gasteiger partial charge in [0, 0.05) is 10.6 Å². The van der Waals surface area contributed by atoms with E-state index in [2.05, 4.69) is 15.2 Å². The lowest BCUT2D eigenvalue weighted by molar-refractivity contribution is -0.207. The third kappa shape index (κ3) is 5.32. The van der Waals surface area contributed by atoms with Gasteiger partial charge in [-0.15, -0.1) is 10.2 Å². The number of nitrogens with zero attached hydrogens (tertiary/aromatic N) is 6. The van der Waals surface area contributed by atoms with Crippen LogP contribution in [-0.4, -0.2) is 51.6 Å². The second kappa shape index (κ2) is 9.84. The van der Waals surface area contributed by atoms with Gasteiger partial charge in [-0.1, -0.05) is 17.7 Å². The number of rotatable bonds is 7. The number of aromatic nitrogens is 6. The monoisotopic (exact) mass is 526 g/mol. The van der Waals surface area contributed by atoms with Crippen molar-refractivity contribution in [2.75, 3.05) is 0 Å². The van der Waals surface area contributed by atoms with Crippen molar-refractivity contribution in [3.8, 4) is 17.1 Å². The van der Waals surface area contributed by atoms with Gasteiger partial charge in [-0.05, 0) is 49.4 Å². The van der Waals surface area contributed by atoms with Gasteiger partial charge in [-0.3, -0.25) is 4.57 Å². The quantitative estimate of drug-likeness (QED) is 0.358. The van der Waals surface area contributed by atoms with Crippen molar-refractivity contribution in [3.05, 3.63) is 81.5 Å². The van der Waals surface area contributed by atoms with E-state index in [1.165, 1.54) is 60.1 Å². The van der Waals surface area contributed by atoms with Gasteiger partial charge >= 0.3 is 11.9 Å². The van der Waals surface area contributed by atoms with Crippen molar-refractivity contribution < 1.29 is 27.8 Å². The van der Waals surface area contributed by atoms with Crippen LogP contribution in [0, 0.1) is 5.82 Å². The number of alkyl halides is 3. The van der Waals surface area contributed by atoms with Crippen molar-refractivity contribution in [2.24, 2.45) is 0 Å². The minimum atomic E-state index is -4.96. The van der Waals surface area contributed by atoms with Gasteiger partial charge in [0.1, 0.15) is 18.5 Å². The molecule has 2 N–H and O–H groups in total. The molecule has 0 spiro atoms. The second-order valence-corrected chi connectivity index (χ2v) is 8.33. The predicted octanol–water partition coefficient (Wildman–Crippen LogP) is 3.11. The van der Waals surface area contributed by atoms with Crippen LogP contribution in [0.1, 0.15) is 24.7 Å². The van der Waals surface area contributed by atoms with Crippen molar-refractivity contribution in [1.82, 2.24) is 29.1 Å². The summed E-state index contributed by atoms with van der Waals surface area (Å²) in [6.45, 7) is -0.0530. The molecule has 0 fully saturated rings. The maximum absolute atomic E-state index is 13.7. The summed E-state index contributed by atoms with van der Waals surface area (Å²) in [5.41, 5.74) is -0.408. The zero-order chi connectivity index (χ0) is 26.2. The van der Waals surface area contributed by atoms with Gasteiger partial charge in [0.15, 0.2) is 23.6 Å². The minimum Gasteiger partial charge on any atom is -0.385 e. The van der Waals surface area contributed by atoms with Gasteiger partial charge in [0.2, 0.25) is 0 Å². The first kappa shape index (κ1) is 25.5. The summed E-state index contributed by atoms with van der Waals surface area (Å²) in [6, 6.07) is 11.2. The van der Waals surface area contributed by atoms with Crippen LogP contribution < -0.4 is 5.69 Å². The fourth-order valence-corrected chi connectivity index (χ4v) is 3.56. The summed E-state index contributed by atoms with van der Waals surface area (Å²) >= 11 is 5.88. The Balaban J connectivity index is 1.77. The molecule has 0 saturated carbocycles. The topological polar surface area (TPSA) is 111 Å². The molecular weight excluding hydrogens is 508 g/mol. The van der Waals surface area contributed by atoms with Crippen LogP contribution in [0.2, 0.25) is 5.02 Å². The number of halogens is 5. The Kier molecular flexibility index (Phi) is 6.98. The molecule has 4 rings (SSSR count). The third-order valence-electron chi connectivity index (χ3n) is 5.15. The lowest BCUT2D eigenvalue weighted by Gasteiger charge is -2.15. The molecule has 0 saturated heterocycles. The van der Waals surface area contributed by atoms with Gasteiger partial charge in [-0.2, -0.15) is 13.2 Å². The van der Waals surface area contributed by atoms with E-state index in [0.29, 0.717) is 9.59 Å². The van der Waals surface area contributed by atoms with Crippen LogP contribution in [0.5, 0.6) is 0 Å². The third-order valence-corrected chi connectivity index (χ3v) is 5.40. The number of hydrogen-bond acceptors (Lipinski definition) is 6. The maximum atomic E-state index is 13.7. The average molecular weight is 527 g/mol. The van der Waals surface area contributed by atoms with Crippen LogP contribution in [0.3, 0.4) is 0 Å². The lowest BCUT2D eigenvalue weighted by Crippen LogP contribution is -2.37. The van der Waals surface area contributed by atoms with E-state index < -0.39 is 36.4 Å². The van der Waals surface area contributed by atoms with Crippen LogP contribution in [0.15, 0.2) is 53.3 Å². The molecule has 2 heterocycles. The summed E-state index contributed by atoms with van der Waals surface area (Å²) in [4.78, 5) is 17.2. The highest BCUT2D eigenvalue weighted by molar-refractivity contribution is 6.30. The second-order valence-electron chi connectivity index (χ2n) is 7.89. The Bertz CT molecular complexity index is 1430. The molecule has 0 bridgehead atoms. The normalized spacial score (nSPS) is 13.7. The number of hydrogen-bond donors (Lipinski definition) is 2. The van der Waals surface area contributed by atoms with Gasteiger partial charge in [0.25, 0.3) is 0 Å². The molecule has 0 aliphatic rings. The Hall–Kier alpha value is -3.55. The van der Waals surface area contributed by atoms with E-state index in [9.17, 15) is 32.6 Å². The molecule has 0 radical (unpaired) electrons. The molecule has 2 aromatic carbocycles. The molecule has 0 aliphatic carbocycles. The van der Waals surface area contributed by atoms with E-state index >= 15 is 0 Å². The molecule has 2 unspecified atom stereocenters. The van der Waals surface area contributed by atoms with Gasteiger partial charge < -0.3 is 10.2 Å². The first-order valence-corrected chi connectivity index (χ1v) is 10.9. The number of benzene rings is 2. The Labute approximate surface area is 205 Å². The summed E-state index contributed by atoms with van der Waals surface area (Å²) in [5, 5.41) is 28.4. The van der Waals surface area contributed by atoms with Crippen LogP contribution in [0.25, 0.3) is 17.1 Å². The van der Waals surface area contributed by atoms with Crippen molar-refractivity contribution in [1.29, 1.82) is 0 Å². The molecular formula is C22H19ClF4N6O3. The summed E-state index contributed by atoms with van der Waals surface area (Å²) in [7, 11) is 0. The zero-order valence-corrected chi connectivity index (χ0v) is 19.3. The first-order valence-electron chi connectivity index (χ1n) is 10.5. The van der Waals surface area contributed by atoms with E-state index in [0.717, 1.165) is 4.68 Å². The fourth-order valence-electron chi connectivity index (χ4n) is 3.44. The van der Waals surface area contributed by atoms with Crippen LogP contribution in [-0.2, 0) is 13.1 Å². The minimum absolute atomic E-state index is 0.0130. The highest BCUT2D eigenvalue weighted by atomic mass is 35.5. The molecule has 14 heteroatoms. The number of aliphatic hydroxyl groups is 2. The lowest BCUT2D eigenvalue weighted by atomic mass is 10.2. The van der Waals surface area contributed by atoms with Gasteiger partial charge in [0.05, 0.1) is 12.2 Å². The van der Waals surface area contributed by atoms with E-state index in [4.69, 9.17) is 11.6 Å². The van der Waals surface area contributed by atoms with E-state index in [1.54, 1.807) is 0 Å². The molecule has 190 valence electrons. The fraction of sp³-hybridized carbons (Fsp3) is 0.273. The molecule has 0 amide bonds. The van der Waals surface area contributed by atoms with Crippen LogP contribution >= 0.6 is 11.6 Å². The summed E-state index contributed by atoms with van der Waals surface area (Å²) in [6.07, 6.45) is -8.89. The van der Waals surface area contributed by atoms with Crippen molar-refractivity contribution >= 4 is 11.6 Å². The average Bonchev–Trinajstić information content (AvgIpc) is 3.36. The molecule has 0 aliphatic heterocycles. The van der Waals surface area contributed by atoms with Crippen LogP contribution in [0.4, 0.5) is 17.6 Å². The molecule has 2 aromatic heterocycles. The summed E-state index contributed by atoms with van der Waals surface area (Å²) < 4.78 is 55.6. The Morgan fingerprint density at radius 3 is 2.39 bits per heavy atom. The summed E-state index contributed by atoms with van der Waals surface area (Å²) in [5.74, 6) is -0.651. The highest BCUT2D eigenvalue weighted by Gasteiger charge is 2.39. The smallest absolute Gasteiger partial charge is 0.385 e. The standard InChI is InChI=1S/C22H19ClF4N6O3/c1-12(34)19-28-18(29-33(19)16-4-2-3-15(24)9-16)11-32-21(36)31(10-17(35)22(25,26)27)20(30-32)13-5-7-14(23)8-6-13/h2-9,12,17,34-35H,10-11H2,1H3. The Morgan fingerprint density at radius 1 is 1.08 bits per heavy atom. The molecule has 2 atom stereocenters. The first-order chi connectivity index (χ1) is 16.9. The van der Waals surface area contributed by atoms with E-state index in [1.807, 2.05) is 0 Å². The Morgan fingerprint density at radius 2 is 1.78 bits per heavy atom. The molecule has 4 aromatic rings. The predicted molar refractivity (Wildman–Crippen MR) is 120 cm³/mol. The largest absolute Gasteiger partial charge is 0.416 e. The van der Waals surface area contributed by atoms with Crippen molar-refractivity contribution in [3.63, 3.8) is 0 Å². The van der Waals surface area contributed by atoms with Crippen molar-refractivity contribution in [2.45, 2.75) is 38.4 Å².